The first-order valence-corrected chi connectivity index (χ1v) is 6.24. The summed E-state index contributed by atoms with van der Waals surface area (Å²) in [5, 5.41) is 3.41. The molecule has 0 aliphatic heterocycles. The number of hydrogen-bond donors (Lipinski definition) is 1. The smallest absolute Gasteiger partial charge is 0.0690 e. The highest BCUT2D eigenvalue weighted by molar-refractivity contribution is 4.98. The fourth-order valence-electron chi connectivity index (χ4n) is 1.43. The molecule has 16 heavy (non-hydrogen) atoms. The molecule has 0 saturated heterocycles. The molecule has 0 aromatic heterocycles. The molecule has 0 aromatic rings. The van der Waals surface area contributed by atoms with Gasteiger partial charge in [-0.1, -0.05) is 20.4 Å². The molecule has 0 heterocycles. The summed E-state index contributed by atoms with van der Waals surface area (Å²) in [5.41, 5.74) is 1.26. The van der Waals surface area contributed by atoms with Gasteiger partial charge in [-0.05, 0) is 45.6 Å². The summed E-state index contributed by atoms with van der Waals surface area (Å²) in [6.45, 7) is 18.5. The van der Waals surface area contributed by atoms with Crippen molar-refractivity contribution in [3.05, 3.63) is 12.2 Å². The lowest BCUT2D eigenvalue weighted by Gasteiger charge is -2.22. The first kappa shape index (κ1) is 15.7. The van der Waals surface area contributed by atoms with Crippen LogP contribution < -0.4 is 5.32 Å². The summed E-state index contributed by atoms with van der Waals surface area (Å²) >= 11 is 0. The van der Waals surface area contributed by atoms with Crippen molar-refractivity contribution in [3.63, 3.8) is 0 Å². The lowest BCUT2D eigenvalue weighted by atomic mass is 10.1. The SMILES string of the molecule is C=C(CNC(C)(C)C)COC(C)CC(C)C. The molecule has 0 amide bonds. The van der Waals surface area contributed by atoms with Crippen molar-refractivity contribution in [1.29, 1.82) is 0 Å². The predicted molar refractivity (Wildman–Crippen MR) is 71.8 cm³/mol. The Bertz CT molecular complexity index is 203. The van der Waals surface area contributed by atoms with Gasteiger partial charge < -0.3 is 10.1 Å². The van der Waals surface area contributed by atoms with Gasteiger partial charge in [-0.2, -0.15) is 0 Å². The van der Waals surface area contributed by atoms with Crippen molar-refractivity contribution in [3.8, 4) is 0 Å². The maximum atomic E-state index is 5.74. The molecule has 0 aromatic carbocycles. The van der Waals surface area contributed by atoms with E-state index < -0.39 is 0 Å². The third kappa shape index (κ3) is 10.2. The molecule has 1 unspecified atom stereocenters. The van der Waals surface area contributed by atoms with Crippen LogP contribution in [0.1, 0.15) is 48.0 Å². The Morgan fingerprint density at radius 1 is 1.25 bits per heavy atom. The number of hydrogen-bond acceptors (Lipinski definition) is 2. The molecule has 0 fully saturated rings. The molecule has 2 nitrogen and oxygen atoms in total. The molecule has 0 bridgehead atoms. The van der Waals surface area contributed by atoms with Crippen molar-refractivity contribution in [2.75, 3.05) is 13.2 Å². The van der Waals surface area contributed by atoms with Gasteiger partial charge in [-0.25, -0.2) is 0 Å². The van der Waals surface area contributed by atoms with Crippen LogP contribution in [0.4, 0.5) is 0 Å². The van der Waals surface area contributed by atoms with Crippen molar-refractivity contribution in [1.82, 2.24) is 5.32 Å². The minimum atomic E-state index is 0.145. The lowest BCUT2D eigenvalue weighted by Crippen LogP contribution is -2.37. The van der Waals surface area contributed by atoms with Crippen LogP contribution in [-0.2, 0) is 4.74 Å². The summed E-state index contributed by atoms with van der Waals surface area (Å²) < 4.78 is 5.74. The number of nitrogens with one attached hydrogen (secondary N) is 1. The van der Waals surface area contributed by atoms with Gasteiger partial charge >= 0.3 is 0 Å². The van der Waals surface area contributed by atoms with E-state index in [0.717, 1.165) is 18.5 Å². The van der Waals surface area contributed by atoms with Crippen molar-refractivity contribution >= 4 is 0 Å². The monoisotopic (exact) mass is 227 g/mol. The Balaban J connectivity index is 3.65. The largest absolute Gasteiger partial charge is 0.374 e. The van der Waals surface area contributed by atoms with Gasteiger partial charge in [-0.3, -0.25) is 0 Å². The van der Waals surface area contributed by atoms with E-state index in [-0.39, 0.29) is 5.54 Å². The molecule has 1 atom stereocenters. The van der Waals surface area contributed by atoms with E-state index in [2.05, 4.69) is 53.4 Å². The van der Waals surface area contributed by atoms with Gasteiger partial charge in [0.05, 0.1) is 12.7 Å². The van der Waals surface area contributed by atoms with Crippen LogP contribution in [0.3, 0.4) is 0 Å². The average Bonchev–Trinajstić information content (AvgIpc) is 2.09. The molecule has 96 valence electrons. The normalized spacial score (nSPS) is 14.2. The molecule has 1 N–H and O–H groups in total. The highest BCUT2D eigenvalue weighted by atomic mass is 16.5. The van der Waals surface area contributed by atoms with Crippen LogP contribution in [-0.4, -0.2) is 24.8 Å². The van der Waals surface area contributed by atoms with Crippen LogP contribution in [0.25, 0.3) is 0 Å². The summed E-state index contributed by atoms with van der Waals surface area (Å²) in [6.07, 6.45) is 1.44. The highest BCUT2D eigenvalue weighted by Gasteiger charge is 2.10. The van der Waals surface area contributed by atoms with Crippen molar-refractivity contribution in [2.24, 2.45) is 5.92 Å². The molecular weight excluding hydrogens is 198 g/mol. The molecule has 2 heteroatoms. The van der Waals surface area contributed by atoms with E-state index in [1.54, 1.807) is 0 Å². The van der Waals surface area contributed by atoms with Crippen LogP contribution in [0.2, 0.25) is 0 Å². The molecule has 0 aliphatic rings. The summed E-state index contributed by atoms with van der Waals surface area (Å²) in [7, 11) is 0. The van der Waals surface area contributed by atoms with Gasteiger partial charge in [0.1, 0.15) is 0 Å². The molecule has 0 rings (SSSR count). The topological polar surface area (TPSA) is 21.3 Å². The Morgan fingerprint density at radius 2 is 1.81 bits per heavy atom. The van der Waals surface area contributed by atoms with E-state index >= 15 is 0 Å². The van der Waals surface area contributed by atoms with Gasteiger partial charge in [0.2, 0.25) is 0 Å². The fourth-order valence-corrected chi connectivity index (χ4v) is 1.43. The molecular formula is C14H29NO. The number of rotatable bonds is 7. The minimum absolute atomic E-state index is 0.145. The van der Waals surface area contributed by atoms with E-state index in [1.807, 2.05) is 0 Å². The number of ether oxygens (including phenoxy) is 1. The molecule has 0 saturated carbocycles. The van der Waals surface area contributed by atoms with Crippen LogP contribution in [0.15, 0.2) is 12.2 Å². The Kier molecular flexibility index (Phi) is 6.93. The lowest BCUT2D eigenvalue weighted by molar-refractivity contribution is 0.0670. The van der Waals surface area contributed by atoms with E-state index in [4.69, 9.17) is 4.74 Å². The first-order chi connectivity index (χ1) is 7.20. The molecule has 0 aliphatic carbocycles. The second-order valence-corrected chi connectivity index (χ2v) is 6.10. The molecule has 0 spiro atoms. The van der Waals surface area contributed by atoms with E-state index in [9.17, 15) is 0 Å². The van der Waals surface area contributed by atoms with E-state index in [1.165, 1.54) is 0 Å². The third-order valence-electron chi connectivity index (χ3n) is 2.24. The van der Waals surface area contributed by atoms with Crippen molar-refractivity contribution < 1.29 is 4.74 Å². The zero-order chi connectivity index (χ0) is 12.8. The van der Waals surface area contributed by atoms with Crippen molar-refractivity contribution in [2.45, 2.75) is 59.6 Å². The van der Waals surface area contributed by atoms with Crippen LogP contribution >= 0.6 is 0 Å². The average molecular weight is 227 g/mol. The van der Waals surface area contributed by atoms with Gasteiger partial charge in [0, 0.05) is 12.1 Å². The highest BCUT2D eigenvalue weighted by Crippen LogP contribution is 2.08. The second kappa shape index (κ2) is 7.08. The maximum absolute atomic E-state index is 5.74. The molecule has 0 radical (unpaired) electrons. The minimum Gasteiger partial charge on any atom is -0.374 e. The zero-order valence-corrected chi connectivity index (χ0v) is 11.9. The van der Waals surface area contributed by atoms with Gasteiger partial charge in [0.25, 0.3) is 0 Å². The summed E-state index contributed by atoms with van der Waals surface area (Å²) in [6, 6.07) is 0. The fraction of sp³-hybridized carbons (Fsp3) is 0.857. The Hall–Kier alpha value is -0.340. The quantitative estimate of drug-likeness (QED) is 0.673. The van der Waals surface area contributed by atoms with Gasteiger partial charge in [0.15, 0.2) is 0 Å². The Labute approximate surface area is 101 Å². The first-order valence-electron chi connectivity index (χ1n) is 6.24. The second-order valence-electron chi connectivity index (χ2n) is 6.10. The summed E-state index contributed by atoms with van der Waals surface area (Å²) in [5.74, 6) is 0.691. The predicted octanol–water partition coefficient (Wildman–Crippen LogP) is 3.38. The van der Waals surface area contributed by atoms with Gasteiger partial charge in [-0.15, -0.1) is 0 Å². The van der Waals surface area contributed by atoms with E-state index in [0.29, 0.717) is 18.6 Å². The van der Waals surface area contributed by atoms with Crippen LogP contribution in [0.5, 0.6) is 0 Å². The standard InChI is InChI=1S/C14H29NO/c1-11(2)8-13(4)16-10-12(3)9-15-14(5,6)7/h11,13,15H,3,8-10H2,1-2,4-7H3. The zero-order valence-electron chi connectivity index (χ0n) is 11.9. The third-order valence-corrected chi connectivity index (χ3v) is 2.24. The summed E-state index contributed by atoms with van der Waals surface area (Å²) in [4.78, 5) is 0. The maximum Gasteiger partial charge on any atom is 0.0690 e. The Morgan fingerprint density at radius 3 is 2.25 bits per heavy atom. The van der Waals surface area contributed by atoms with Crippen LogP contribution in [0, 0.1) is 5.92 Å².